The number of aromatic nitrogens is 1. The minimum absolute atomic E-state index is 0.308. The monoisotopic (exact) mass is 278 g/mol. The van der Waals surface area contributed by atoms with Crippen LogP contribution in [0, 0.1) is 11.8 Å². The van der Waals surface area contributed by atoms with Gasteiger partial charge in [0.2, 0.25) is 0 Å². The second-order valence-electron chi connectivity index (χ2n) is 6.50. The molecule has 0 aliphatic heterocycles. The maximum atomic E-state index is 10.1. The van der Waals surface area contributed by atoms with Crippen molar-refractivity contribution in [2.45, 2.75) is 51.0 Å². The van der Waals surface area contributed by atoms with Crippen molar-refractivity contribution in [3.8, 4) is 0 Å². The van der Waals surface area contributed by atoms with Crippen LogP contribution in [0.4, 0.5) is 5.13 Å². The Labute approximate surface area is 118 Å². The van der Waals surface area contributed by atoms with Gasteiger partial charge < -0.3 is 10.0 Å². The molecule has 1 heterocycles. The molecule has 2 fully saturated rings. The van der Waals surface area contributed by atoms with Crippen LogP contribution in [0.5, 0.6) is 0 Å². The SMILES string of the molecule is OC1CCCc2sc(N(CC3CC3)CC3CC3)nc21. The molecule has 0 saturated heterocycles. The van der Waals surface area contributed by atoms with Gasteiger partial charge in [0.15, 0.2) is 5.13 Å². The molecule has 2 saturated carbocycles. The van der Waals surface area contributed by atoms with Gasteiger partial charge in [0.05, 0.1) is 11.8 Å². The van der Waals surface area contributed by atoms with Crippen LogP contribution in [-0.2, 0) is 6.42 Å². The minimum Gasteiger partial charge on any atom is -0.387 e. The van der Waals surface area contributed by atoms with E-state index in [4.69, 9.17) is 4.98 Å². The largest absolute Gasteiger partial charge is 0.387 e. The highest BCUT2D eigenvalue weighted by Gasteiger charge is 2.32. The van der Waals surface area contributed by atoms with Crippen molar-refractivity contribution in [2.24, 2.45) is 11.8 Å². The molecule has 4 rings (SSSR count). The topological polar surface area (TPSA) is 36.4 Å². The number of hydrogen-bond donors (Lipinski definition) is 1. The van der Waals surface area contributed by atoms with Crippen LogP contribution in [0.3, 0.4) is 0 Å². The van der Waals surface area contributed by atoms with E-state index in [-0.39, 0.29) is 6.10 Å². The average Bonchev–Trinajstić information content (AvgIpc) is 3.31. The lowest BCUT2D eigenvalue weighted by atomic mass is 10.0. The van der Waals surface area contributed by atoms with Crippen LogP contribution >= 0.6 is 11.3 Å². The average molecular weight is 278 g/mol. The number of nitrogens with zero attached hydrogens (tertiary/aromatic N) is 2. The number of aryl methyl sites for hydroxylation is 1. The van der Waals surface area contributed by atoms with Gasteiger partial charge in [0, 0.05) is 18.0 Å². The summed E-state index contributed by atoms with van der Waals surface area (Å²) >= 11 is 1.84. The second-order valence-corrected chi connectivity index (χ2v) is 7.57. The zero-order valence-corrected chi connectivity index (χ0v) is 12.2. The van der Waals surface area contributed by atoms with Crippen LogP contribution in [0.15, 0.2) is 0 Å². The molecular formula is C15H22N2OS. The fourth-order valence-corrected chi connectivity index (χ4v) is 4.15. The van der Waals surface area contributed by atoms with Gasteiger partial charge in [-0.15, -0.1) is 11.3 Å². The summed E-state index contributed by atoms with van der Waals surface area (Å²) < 4.78 is 0. The van der Waals surface area contributed by atoms with Crippen LogP contribution < -0.4 is 4.90 Å². The third-order valence-corrected chi connectivity index (χ3v) is 5.73. The van der Waals surface area contributed by atoms with E-state index in [2.05, 4.69) is 4.90 Å². The molecule has 104 valence electrons. The molecule has 0 bridgehead atoms. The lowest BCUT2D eigenvalue weighted by Gasteiger charge is -2.21. The molecule has 1 N–H and O–H groups in total. The standard InChI is InChI=1S/C15H22N2OS/c18-12-2-1-3-13-14(12)16-15(19-13)17(8-10-4-5-10)9-11-6-7-11/h10-12,18H,1-9H2. The van der Waals surface area contributed by atoms with Gasteiger partial charge in [-0.1, -0.05) is 0 Å². The lowest BCUT2D eigenvalue weighted by Crippen LogP contribution is -2.28. The van der Waals surface area contributed by atoms with Crippen molar-refractivity contribution in [3.63, 3.8) is 0 Å². The van der Waals surface area contributed by atoms with E-state index >= 15 is 0 Å². The number of hydrogen-bond acceptors (Lipinski definition) is 4. The van der Waals surface area contributed by atoms with E-state index in [1.54, 1.807) is 0 Å². The van der Waals surface area contributed by atoms with Gasteiger partial charge in [-0.25, -0.2) is 4.98 Å². The molecular weight excluding hydrogens is 256 g/mol. The van der Waals surface area contributed by atoms with Crippen LogP contribution in [0.2, 0.25) is 0 Å². The highest BCUT2D eigenvalue weighted by Crippen LogP contribution is 2.40. The molecule has 1 aromatic heterocycles. The van der Waals surface area contributed by atoms with Crippen LogP contribution in [0.25, 0.3) is 0 Å². The van der Waals surface area contributed by atoms with Gasteiger partial charge in [-0.3, -0.25) is 0 Å². The molecule has 1 aromatic rings. The Bertz CT molecular complexity index is 451. The highest BCUT2D eigenvalue weighted by molar-refractivity contribution is 7.15. The zero-order valence-electron chi connectivity index (χ0n) is 11.3. The fraction of sp³-hybridized carbons (Fsp3) is 0.800. The molecule has 19 heavy (non-hydrogen) atoms. The van der Waals surface area contributed by atoms with E-state index in [0.717, 1.165) is 36.8 Å². The number of aliphatic hydroxyl groups is 1. The maximum absolute atomic E-state index is 10.1. The number of fused-ring (bicyclic) bond motifs is 1. The lowest BCUT2D eigenvalue weighted by molar-refractivity contribution is 0.153. The first kappa shape index (κ1) is 12.2. The molecule has 1 atom stereocenters. The Morgan fingerprint density at radius 1 is 1.11 bits per heavy atom. The van der Waals surface area contributed by atoms with E-state index in [9.17, 15) is 5.11 Å². The normalized spacial score (nSPS) is 26.3. The molecule has 3 aliphatic carbocycles. The molecule has 0 spiro atoms. The van der Waals surface area contributed by atoms with Crippen LogP contribution in [0.1, 0.15) is 55.2 Å². The van der Waals surface area contributed by atoms with Gasteiger partial charge in [0.25, 0.3) is 0 Å². The van der Waals surface area contributed by atoms with E-state index in [1.807, 2.05) is 11.3 Å². The van der Waals surface area contributed by atoms with Crippen molar-refractivity contribution < 1.29 is 5.11 Å². The number of aliphatic hydroxyl groups excluding tert-OH is 1. The van der Waals surface area contributed by atoms with Crippen molar-refractivity contribution in [1.29, 1.82) is 0 Å². The first-order valence-electron chi connectivity index (χ1n) is 7.72. The third-order valence-electron chi connectivity index (χ3n) is 4.53. The number of thiazole rings is 1. The summed E-state index contributed by atoms with van der Waals surface area (Å²) in [5.41, 5.74) is 0.989. The molecule has 3 aliphatic rings. The molecule has 0 radical (unpaired) electrons. The zero-order chi connectivity index (χ0) is 12.8. The quantitative estimate of drug-likeness (QED) is 0.899. The van der Waals surface area contributed by atoms with Gasteiger partial charge in [0.1, 0.15) is 0 Å². The first-order chi connectivity index (χ1) is 9.29. The van der Waals surface area contributed by atoms with Crippen LogP contribution in [-0.4, -0.2) is 23.2 Å². The molecule has 0 aromatic carbocycles. The summed E-state index contributed by atoms with van der Waals surface area (Å²) in [6, 6.07) is 0. The molecule has 1 unspecified atom stereocenters. The van der Waals surface area contributed by atoms with Gasteiger partial charge in [-0.2, -0.15) is 0 Å². The van der Waals surface area contributed by atoms with Crippen molar-refractivity contribution in [2.75, 3.05) is 18.0 Å². The highest BCUT2D eigenvalue weighted by atomic mass is 32.1. The summed E-state index contributed by atoms with van der Waals surface area (Å²) in [4.78, 5) is 8.65. The van der Waals surface area contributed by atoms with E-state index in [1.165, 1.54) is 48.8 Å². The summed E-state index contributed by atoms with van der Waals surface area (Å²) in [6.07, 6.45) is 8.40. The maximum Gasteiger partial charge on any atom is 0.185 e. The van der Waals surface area contributed by atoms with Gasteiger partial charge in [-0.05, 0) is 56.8 Å². The summed E-state index contributed by atoms with van der Waals surface area (Å²) in [7, 11) is 0. The predicted molar refractivity (Wildman–Crippen MR) is 77.7 cm³/mol. The Morgan fingerprint density at radius 3 is 2.37 bits per heavy atom. The van der Waals surface area contributed by atoms with Crippen molar-refractivity contribution in [3.05, 3.63) is 10.6 Å². The molecule has 4 heteroatoms. The Morgan fingerprint density at radius 2 is 1.79 bits per heavy atom. The van der Waals surface area contributed by atoms with Crippen molar-refractivity contribution in [1.82, 2.24) is 4.98 Å². The number of anilines is 1. The van der Waals surface area contributed by atoms with E-state index in [0.29, 0.717) is 0 Å². The smallest absolute Gasteiger partial charge is 0.185 e. The first-order valence-corrected chi connectivity index (χ1v) is 8.54. The fourth-order valence-electron chi connectivity index (χ4n) is 2.97. The molecule has 3 nitrogen and oxygen atoms in total. The summed E-state index contributed by atoms with van der Waals surface area (Å²) in [5.74, 6) is 1.81. The number of rotatable bonds is 5. The minimum atomic E-state index is -0.308. The predicted octanol–water partition coefficient (Wildman–Crippen LogP) is 3.14. The summed E-state index contributed by atoms with van der Waals surface area (Å²) in [6.45, 7) is 2.39. The van der Waals surface area contributed by atoms with Crippen molar-refractivity contribution >= 4 is 16.5 Å². The third kappa shape index (κ3) is 2.65. The summed E-state index contributed by atoms with van der Waals surface area (Å²) in [5, 5.41) is 11.3. The van der Waals surface area contributed by atoms with E-state index < -0.39 is 0 Å². The van der Waals surface area contributed by atoms with Gasteiger partial charge >= 0.3 is 0 Å². The Balaban J connectivity index is 1.56. The molecule has 0 amide bonds. The second kappa shape index (κ2) is 4.74. The Kier molecular flexibility index (Phi) is 3.03. The Hall–Kier alpha value is -0.610.